The fourth-order valence-corrected chi connectivity index (χ4v) is 3.68. The molecule has 0 spiro atoms. The molecule has 0 atom stereocenters. The summed E-state index contributed by atoms with van der Waals surface area (Å²) in [6.45, 7) is 0. The highest BCUT2D eigenvalue weighted by Gasteiger charge is 2.17. The minimum Gasteiger partial charge on any atom is -0.493 e. The van der Waals surface area contributed by atoms with Crippen molar-refractivity contribution in [2.24, 2.45) is 0 Å². The van der Waals surface area contributed by atoms with Gasteiger partial charge in [0.15, 0.2) is 11.5 Å². The summed E-state index contributed by atoms with van der Waals surface area (Å²) < 4.78 is 16.5. The molecule has 4 rings (SSSR count). The van der Waals surface area contributed by atoms with Gasteiger partial charge in [0.05, 0.1) is 27.0 Å². The van der Waals surface area contributed by atoms with Crippen molar-refractivity contribution in [1.29, 1.82) is 0 Å². The van der Waals surface area contributed by atoms with Gasteiger partial charge in [0, 0.05) is 17.3 Å². The van der Waals surface area contributed by atoms with Crippen LogP contribution in [0.4, 0.5) is 0 Å². The van der Waals surface area contributed by atoms with Gasteiger partial charge in [-0.3, -0.25) is 0 Å². The maximum Gasteiger partial charge on any atom is 0.203 e. The van der Waals surface area contributed by atoms with Gasteiger partial charge in [-0.25, -0.2) is 0 Å². The summed E-state index contributed by atoms with van der Waals surface area (Å²) in [5.74, 6) is 1.94. The molecular formula is C24H23NO3. The summed E-state index contributed by atoms with van der Waals surface area (Å²) in [4.78, 5) is 3.59. The van der Waals surface area contributed by atoms with E-state index in [0.717, 1.165) is 23.2 Å². The summed E-state index contributed by atoms with van der Waals surface area (Å²) in [5, 5.41) is 1.22. The van der Waals surface area contributed by atoms with Crippen LogP contribution in [0.2, 0.25) is 0 Å². The quantitative estimate of drug-likeness (QED) is 0.489. The van der Waals surface area contributed by atoms with Crippen molar-refractivity contribution in [3.63, 3.8) is 0 Å². The number of rotatable bonds is 6. The van der Waals surface area contributed by atoms with Crippen molar-refractivity contribution in [1.82, 2.24) is 4.98 Å². The Kier molecular flexibility index (Phi) is 4.94. The minimum absolute atomic E-state index is 0.607. The Bertz CT molecular complexity index is 1070. The molecule has 0 saturated heterocycles. The first kappa shape index (κ1) is 18.0. The van der Waals surface area contributed by atoms with Gasteiger partial charge in [-0.15, -0.1) is 0 Å². The van der Waals surface area contributed by atoms with Gasteiger partial charge in [-0.1, -0.05) is 48.5 Å². The molecule has 3 aromatic carbocycles. The van der Waals surface area contributed by atoms with E-state index in [1.807, 2.05) is 18.2 Å². The van der Waals surface area contributed by atoms with E-state index in [1.165, 1.54) is 16.5 Å². The second-order valence-corrected chi connectivity index (χ2v) is 6.60. The highest BCUT2D eigenvalue weighted by Crippen LogP contribution is 2.40. The van der Waals surface area contributed by atoms with Crippen molar-refractivity contribution < 1.29 is 14.2 Å². The van der Waals surface area contributed by atoms with E-state index in [0.29, 0.717) is 17.2 Å². The van der Waals surface area contributed by atoms with E-state index >= 15 is 0 Å². The zero-order valence-corrected chi connectivity index (χ0v) is 16.3. The number of H-pyrrole nitrogens is 1. The zero-order chi connectivity index (χ0) is 19.5. The molecule has 0 bridgehead atoms. The van der Waals surface area contributed by atoms with Crippen molar-refractivity contribution in [3.8, 4) is 28.5 Å². The summed E-state index contributed by atoms with van der Waals surface area (Å²) in [6.07, 6.45) is 0.741. The number of para-hydroxylation sites is 1. The molecule has 0 radical (unpaired) electrons. The molecule has 0 aliphatic heterocycles. The monoisotopic (exact) mass is 373 g/mol. The number of aromatic nitrogens is 1. The first-order chi connectivity index (χ1) is 13.7. The van der Waals surface area contributed by atoms with Crippen LogP contribution < -0.4 is 14.2 Å². The number of fused-ring (bicyclic) bond motifs is 1. The minimum atomic E-state index is 0.607. The Morgan fingerprint density at radius 3 is 2.04 bits per heavy atom. The van der Waals surface area contributed by atoms with Crippen LogP contribution in [-0.2, 0) is 6.42 Å². The van der Waals surface area contributed by atoms with Gasteiger partial charge in [-0.05, 0) is 34.9 Å². The lowest BCUT2D eigenvalue weighted by atomic mass is 9.98. The highest BCUT2D eigenvalue weighted by molar-refractivity contribution is 5.91. The largest absolute Gasteiger partial charge is 0.493 e. The lowest BCUT2D eigenvalue weighted by Crippen LogP contribution is -1.98. The third kappa shape index (κ3) is 3.18. The standard InChI is InChI=1S/C24H23NO3/c1-26-21-14-16(15-22(27-2)24(21)28-3)13-19-18-11-7-8-12-20(18)25-23(19)17-9-5-4-6-10-17/h4-12,14-15,25H,13H2,1-3H3. The molecular weight excluding hydrogens is 350 g/mol. The molecule has 0 fully saturated rings. The average Bonchev–Trinajstić information content (AvgIpc) is 3.12. The second kappa shape index (κ2) is 7.69. The maximum absolute atomic E-state index is 5.53. The summed E-state index contributed by atoms with van der Waals surface area (Å²) >= 11 is 0. The maximum atomic E-state index is 5.53. The Labute approximate surface area is 164 Å². The number of benzene rings is 3. The van der Waals surface area contributed by atoms with Gasteiger partial charge in [0.2, 0.25) is 5.75 Å². The Morgan fingerprint density at radius 1 is 0.750 bits per heavy atom. The fourth-order valence-electron chi connectivity index (χ4n) is 3.68. The normalized spacial score (nSPS) is 10.8. The number of methoxy groups -OCH3 is 3. The highest BCUT2D eigenvalue weighted by atomic mass is 16.5. The molecule has 4 heteroatoms. The number of hydrogen-bond acceptors (Lipinski definition) is 3. The van der Waals surface area contributed by atoms with Gasteiger partial charge >= 0.3 is 0 Å². The topological polar surface area (TPSA) is 43.5 Å². The van der Waals surface area contributed by atoms with E-state index in [2.05, 4.69) is 53.5 Å². The molecule has 142 valence electrons. The first-order valence-corrected chi connectivity index (χ1v) is 9.19. The second-order valence-electron chi connectivity index (χ2n) is 6.60. The molecule has 28 heavy (non-hydrogen) atoms. The third-order valence-corrected chi connectivity index (χ3v) is 4.98. The smallest absolute Gasteiger partial charge is 0.203 e. The number of nitrogens with one attached hydrogen (secondary N) is 1. The van der Waals surface area contributed by atoms with Crippen molar-refractivity contribution in [2.45, 2.75) is 6.42 Å². The van der Waals surface area contributed by atoms with E-state index < -0.39 is 0 Å². The fraction of sp³-hybridized carbons (Fsp3) is 0.167. The van der Waals surface area contributed by atoms with Crippen LogP contribution in [0.3, 0.4) is 0 Å². The van der Waals surface area contributed by atoms with Crippen LogP contribution in [0.25, 0.3) is 22.2 Å². The van der Waals surface area contributed by atoms with E-state index in [9.17, 15) is 0 Å². The van der Waals surface area contributed by atoms with Crippen molar-refractivity contribution in [2.75, 3.05) is 21.3 Å². The van der Waals surface area contributed by atoms with Crippen molar-refractivity contribution in [3.05, 3.63) is 77.9 Å². The average molecular weight is 373 g/mol. The molecule has 4 nitrogen and oxygen atoms in total. The van der Waals surface area contributed by atoms with Crippen LogP contribution >= 0.6 is 0 Å². The number of ether oxygens (including phenoxy) is 3. The van der Waals surface area contributed by atoms with Gasteiger partial charge < -0.3 is 19.2 Å². The summed E-state index contributed by atoms with van der Waals surface area (Å²) in [5.41, 5.74) is 5.77. The lowest BCUT2D eigenvalue weighted by Gasteiger charge is -2.14. The first-order valence-electron chi connectivity index (χ1n) is 9.19. The zero-order valence-electron chi connectivity index (χ0n) is 16.3. The van der Waals surface area contributed by atoms with Crippen LogP contribution in [0.1, 0.15) is 11.1 Å². The van der Waals surface area contributed by atoms with Gasteiger partial charge in [-0.2, -0.15) is 0 Å². The molecule has 0 amide bonds. The predicted molar refractivity (Wildman–Crippen MR) is 113 cm³/mol. The van der Waals surface area contributed by atoms with E-state index in [-0.39, 0.29) is 0 Å². The number of hydrogen-bond donors (Lipinski definition) is 1. The molecule has 4 aromatic rings. The summed E-state index contributed by atoms with van der Waals surface area (Å²) in [6, 6.07) is 22.8. The number of aromatic amines is 1. The molecule has 1 heterocycles. The van der Waals surface area contributed by atoms with Crippen LogP contribution in [-0.4, -0.2) is 26.3 Å². The van der Waals surface area contributed by atoms with Crippen LogP contribution in [0.15, 0.2) is 66.7 Å². The molecule has 0 unspecified atom stereocenters. The lowest BCUT2D eigenvalue weighted by molar-refractivity contribution is 0.324. The third-order valence-electron chi connectivity index (χ3n) is 4.98. The molecule has 1 aromatic heterocycles. The van der Waals surface area contributed by atoms with Crippen LogP contribution in [0.5, 0.6) is 17.2 Å². The Hall–Kier alpha value is -3.40. The van der Waals surface area contributed by atoms with E-state index in [1.54, 1.807) is 21.3 Å². The SMILES string of the molecule is COc1cc(Cc2c(-c3ccccc3)[nH]c3ccccc23)cc(OC)c1OC. The Morgan fingerprint density at radius 2 is 1.39 bits per heavy atom. The van der Waals surface area contributed by atoms with Crippen molar-refractivity contribution >= 4 is 10.9 Å². The molecule has 0 saturated carbocycles. The van der Waals surface area contributed by atoms with E-state index in [4.69, 9.17) is 14.2 Å². The van der Waals surface area contributed by atoms with Crippen LogP contribution in [0, 0.1) is 0 Å². The van der Waals surface area contributed by atoms with Gasteiger partial charge in [0.1, 0.15) is 0 Å². The molecule has 0 aliphatic carbocycles. The summed E-state index contributed by atoms with van der Waals surface area (Å²) in [7, 11) is 4.90. The van der Waals surface area contributed by atoms with Gasteiger partial charge in [0.25, 0.3) is 0 Å². The Balaban J connectivity index is 1.86. The predicted octanol–water partition coefficient (Wildman–Crippen LogP) is 5.45. The molecule has 1 N–H and O–H groups in total. The molecule has 0 aliphatic rings.